The molecule has 1 unspecified atom stereocenters. The van der Waals surface area contributed by atoms with Crippen LogP contribution in [0.1, 0.15) is 18.9 Å². The van der Waals surface area contributed by atoms with E-state index in [9.17, 15) is 4.79 Å². The largest absolute Gasteiger partial charge is 0.495 e. The summed E-state index contributed by atoms with van der Waals surface area (Å²) in [5, 5.41) is 10.1. The minimum absolute atomic E-state index is 0.113. The fourth-order valence-electron chi connectivity index (χ4n) is 3.06. The number of rotatable bonds is 8. The summed E-state index contributed by atoms with van der Waals surface area (Å²) in [6.45, 7) is 4.02. The smallest absolute Gasteiger partial charge is 0.237 e. The van der Waals surface area contributed by atoms with Crippen molar-refractivity contribution in [2.24, 2.45) is 0 Å². The second kappa shape index (κ2) is 11.9. The van der Waals surface area contributed by atoms with E-state index in [-0.39, 0.29) is 11.2 Å². The van der Waals surface area contributed by atoms with Crippen LogP contribution >= 0.6 is 35.6 Å². The first-order chi connectivity index (χ1) is 15.9. The maximum absolute atomic E-state index is 12.9. The van der Waals surface area contributed by atoms with Gasteiger partial charge in [-0.3, -0.25) is 4.79 Å². The van der Waals surface area contributed by atoms with Gasteiger partial charge >= 0.3 is 0 Å². The lowest BCUT2D eigenvalue weighted by Crippen LogP contribution is -2.24. The first kappa shape index (κ1) is 24.9. The summed E-state index contributed by atoms with van der Waals surface area (Å²) in [6.07, 6.45) is 0.657. The zero-order valence-corrected chi connectivity index (χ0v) is 21.0. The maximum Gasteiger partial charge on any atom is 0.237 e. The third-order valence-corrected chi connectivity index (χ3v) is 6.56. The molecule has 0 fully saturated rings. The lowest BCUT2D eigenvalue weighted by atomic mass is 10.2. The fourth-order valence-corrected chi connectivity index (χ4v) is 4.48. The topological polar surface area (TPSA) is 62.4 Å². The quantitative estimate of drug-likeness (QED) is 0.229. The molecule has 3 rings (SSSR count). The van der Waals surface area contributed by atoms with Crippen LogP contribution in [0.15, 0.2) is 71.6 Å². The molecule has 3 aromatic rings. The number of aryl methyl sites for hydroxylation is 1. The highest BCUT2D eigenvalue weighted by Gasteiger charge is 2.20. The molecule has 5 nitrogen and oxygen atoms in total. The molecule has 172 valence electrons. The Bertz CT molecular complexity index is 1120. The predicted octanol–water partition coefficient (Wildman–Crippen LogP) is 6.98. The Labute approximate surface area is 209 Å². The Morgan fingerprint density at radius 1 is 1.03 bits per heavy atom. The van der Waals surface area contributed by atoms with Crippen molar-refractivity contribution >= 4 is 63.7 Å². The molecule has 0 aliphatic carbocycles. The van der Waals surface area contributed by atoms with Gasteiger partial charge < -0.3 is 20.7 Å². The molecule has 0 radical (unpaired) electrons. The van der Waals surface area contributed by atoms with Crippen LogP contribution in [0.25, 0.3) is 0 Å². The number of amides is 1. The van der Waals surface area contributed by atoms with Crippen molar-refractivity contribution in [2.75, 3.05) is 23.1 Å². The van der Waals surface area contributed by atoms with Gasteiger partial charge in [0.2, 0.25) is 5.91 Å². The molecule has 33 heavy (non-hydrogen) atoms. The van der Waals surface area contributed by atoms with Crippen LogP contribution in [0.3, 0.4) is 0 Å². The van der Waals surface area contributed by atoms with Gasteiger partial charge in [-0.05, 0) is 74.1 Å². The lowest BCUT2D eigenvalue weighted by molar-refractivity contribution is -0.115. The summed E-state index contributed by atoms with van der Waals surface area (Å²) in [4.78, 5) is 13.9. The Balaban J connectivity index is 1.64. The molecule has 0 bridgehead atoms. The van der Waals surface area contributed by atoms with E-state index in [1.807, 2.05) is 62.4 Å². The molecular weight excluding hydrogens is 474 g/mol. The van der Waals surface area contributed by atoms with Crippen molar-refractivity contribution in [3.63, 3.8) is 0 Å². The highest BCUT2D eigenvalue weighted by Crippen LogP contribution is 2.31. The molecule has 0 aromatic heterocycles. The summed E-state index contributed by atoms with van der Waals surface area (Å²) in [6, 6.07) is 21.0. The van der Waals surface area contributed by atoms with E-state index in [2.05, 4.69) is 16.0 Å². The van der Waals surface area contributed by atoms with E-state index in [1.165, 1.54) is 17.3 Å². The monoisotopic (exact) mass is 499 g/mol. The van der Waals surface area contributed by atoms with Crippen LogP contribution in [0, 0.1) is 6.92 Å². The van der Waals surface area contributed by atoms with Gasteiger partial charge in [-0.15, -0.1) is 11.8 Å². The SMILES string of the molecule is CCC(Sc1cccc(NC(=S)Nc2ccc(C)cc2)c1)C(=O)Nc1cc(Cl)ccc1OC. The molecule has 3 N–H and O–H groups in total. The highest BCUT2D eigenvalue weighted by molar-refractivity contribution is 8.00. The summed E-state index contributed by atoms with van der Waals surface area (Å²) in [5.74, 6) is 0.450. The molecule has 0 spiro atoms. The molecule has 0 saturated carbocycles. The van der Waals surface area contributed by atoms with Crippen molar-refractivity contribution in [1.82, 2.24) is 0 Å². The van der Waals surface area contributed by atoms with Crippen molar-refractivity contribution < 1.29 is 9.53 Å². The number of carbonyl (C=O) groups excluding carboxylic acids is 1. The van der Waals surface area contributed by atoms with Gasteiger partial charge in [0, 0.05) is 21.3 Å². The van der Waals surface area contributed by atoms with E-state index in [1.54, 1.807) is 25.3 Å². The van der Waals surface area contributed by atoms with E-state index >= 15 is 0 Å². The third-order valence-electron chi connectivity index (χ3n) is 4.76. The standard InChI is InChI=1S/C25H26ClN3O2S2/c1-4-23(24(30)29-21-14-17(26)10-13-22(21)31-3)33-20-7-5-6-19(15-20)28-25(32)27-18-11-8-16(2)9-12-18/h5-15,23H,4H2,1-3H3,(H,29,30)(H2,27,28,32). The number of ether oxygens (including phenoxy) is 1. The summed E-state index contributed by atoms with van der Waals surface area (Å²) >= 11 is 13.0. The van der Waals surface area contributed by atoms with Crippen molar-refractivity contribution in [1.29, 1.82) is 0 Å². The minimum Gasteiger partial charge on any atom is -0.495 e. The van der Waals surface area contributed by atoms with Crippen LogP contribution in [-0.2, 0) is 4.79 Å². The highest BCUT2D eigenvalue weighted by atomic mass is 35.5. The van der Waals surface area contributed by atoms with Crippen LogP contribution in [-0.4, -0.2) is 23.4 Å². The number of thioether (sulfide) groups is 1. The summed E-state index contributed by atoms with van der Waals surface area (Å²) < 4.78 is 5.33. The average molecular weight is 500 g/mol. The van der Waals surface area contributed by atoms with Gasteiger partial charge in [0.1, 0.15) is 5.75 Å². The van der Waals surface area contributed by atoms with Gasteiger partial charge in [-0.2, -0.15) is 0 Å². The fraction of sp³-hybridized carbons (Fsp3) is 0.200. The molecule has 0 aliphatic rings. The Hall–Kier alpha value is -2.74. The van der Waals surface area contributed by atoms with Gasteiger partial charge in [0.15, 0.2) is 5.11 Å². The minimum atomic E-state index is -0.290. The van der Waals surface area contributed by atoms with Gasteiger partial charge in [0.25, 0.3) is 0 Å². The zero-order valence-electron chi connectivity index (χ0n) is 18.6. The molecule has 0 saturated heterocycles. The van der Waals surface area contributed by atoms with Gasteiger partial charge in [-0.1, -0.05) is 42.3 Å². The average Bonchev–Trinajstić information content (AvgIpc) is 2.79. The Morgan fingerprint density at radius 2 is 1.76 bits per heavy atom. The first-order valence-corrected chi connectivity index (χ1v) is 12.1. The van der Waals surface area contributed by atoms with Crippen LogP contribution in [0.4, 0.5) is 17.1 Å². The van der Waals surface area contributed by atoms with Crippen LogP contribution in [0.2, 0.25) is 5.02 Å². The van der Waals surface area contributed by atoms with Crippen molar-refractivity contribution in [3.8, 4) is 5.75 Å². The number of hydrogen-bond donors (Lipinski definition) is 3. The lowest BCUT2D eigenvalue weighted by Gasteiger charge is -2.17. The molecular formula is C25H26ClN3O2S2. The number of hydrogen-bond acceptors (Lipinski definition) is 4. The second-order valence-corrected chi connectivity index (χ2v) is 9.44. The number of halogens is 1. The Kier molecular flexibility index (Phi) is 9.00. The predicted molar refractivity (Wildman–Crippen MR) is 144 cm³/mol. The van der Waals surface area contributed by atoms with Gasteiger partial charge in [-0.25, -0.2) is 0 Å². The van der Waals surface area contributed by atoms with Crippen molar-refractivity contribution in [3.05, 3.63) is 77.3 Å². The van der Waals surface area contributed by atoms with Crippen LogP contribution in [0.5, 0.6) is 5.75 Å². The van der Waals surface area contributed by atoms with E-state index in [0.717, 1.165) is 16.3 Å². The summed E-state index contributed by atoms with van der Waals surface area (Å²) in [7, 11) is 1.56. The van der Waals surface area contributed by atoms with E-state index in [0.29, 0.717) is 28.0 Å². The maximum atomic E-state index is 12.9. The van der Waals surface area contributed by atoms with E-state index < -0.39 is 0 Å². The number of methoxy groups -OCH3 is 1. The summed E-state index contributed by atoms with van der Waals surface area (Å²) in [5.41, 5.74) is 3.50. The molecule has 1 amide bonds. The third kappa shape index (κ3) is 7.39. The Morgan fingerprint density at radius 3 is 2.45 bits per heavy atom. The van der Waals surface area contributed by atoms with Gasteiger partial charge in [0.05, 0.1) is 18.0 Å². The normalized spacial score (nSPS) is 11.4. The molecule has 8 heteroatoms. The molecule has 0 aliphatic heterocycles. The number of thiocarbonyl (C=S) groups is 1. The number of benzene rings is 3. The molecule has 1 atom stereocenters. The first-order valence-electron chi connectivity index (χ1n) is 10.4. The number of nitrogens with one attached hydrogen (secondary N) is 3. The molecule has 0 heterocycles. The second-order valence-electron chi connectivity index (χ2n) is 7.32. The van der Waals surface area contributed by atoms with Crippen molar-refractivity contribution in [2.45, 2.75) is 30.4 Å². The number of carbonyl (C=O) groups is 1. The number of anilines is 3. The van der Waals surface area contributed by atoms with Crippen LogP contribution < -0.4 is 20.7 Å². The zero-order chi connectivity index (χ0) is 23.8. The van der Waals surface area contributed by atoms with E-state index in [4.69, 9.17) is 28.6 Å². The molecule has 3 aromatic carbocycles.